The summed E-state index contributed by atoms with van der Waals surface area (Å²) in [4.78, 5) is 11.7. The van der Waals surface area contributed by atoms with Gasteiger partial charge >= 0.3 is 0 Å². The van der Waals surface area contributed by atoms with Crippen LogP contribution in [0.1, 0.15) is 62.1 Å². The van der Waals surface area contributed by atoms with Gasteiger partial charge in [-0.1, -0.05) is 49.7 Å². The average molecular weight is 367 g/mol. The van der Waals surface area contributed by atoms with E-state index in [0.717, 1.165) is 60.5 Å². The Bertz CT molecular complexity index is 787. The van der Waals surface area contributed by atoms with E-state index >= 15 is 0 Å². The number of primary amides is 1. The van der Waals surface area contributed by atoms with Gasteiger partial charge in [0.1, 0.15) is 11.5 Å². The molecule has 144 valence electrons. The molecule has 0 aliphatic carbocycles. The van der Waals surface area contributed by atoms with Crippen LogP contribution in [0.4, 0.5) is 0 Å². The fraction of sp³-hybridized carbons (Fsp3) is 0.435. The quantitative estimate of drug-likeness (QED) is 0.639. The van der Waals surface area contributed by atoms with E-state index in [1.54, 1.807) is 0 Å². The van der Waals surface area contributed by atoms with Gasteiger partial charge in [-0.25, -0.2) is 0 Å². The molecule has 2 atom stereocenters. The van der Waals surface area contributed by atoms with Crippen molar-refractivity contribution in [2.24, 2.45) is 5.73 Å². The van der Waals surface area contributed by atoms with Gasteiger partial charge in [-0.05, 0) is 37.8 Å². The van der Waals surface area contributed by atoms with Crippen LogP contribution in [0, 0.1) is 0 Å². The van der Waals surface area contributed by atoms with Gasteiger partial charge in [-0.15, -0.1) is 0 Å². The lowest BCUT2D eigenvalue weighted by Crippen LogP contribution is -2.19. The van der Waals surface area contributed by atoms with Gasteiger partial charge in [0.05, 0.1) is 6.10 Å². The second-order valence-corrected chi connectivity index (χ2v) is 7.27. The molecule has 2 aromatic rings. The van der Waals surface area contributed by atoms with E-state index in [4.69, 9.17) is 15.2 Å². The predicted octanol–water partition coefficient (Wildman–Crippen LogP) is 4.94. The van der Waals surface area contributed by atoms with Gasteiger partial charge in [0.25, 0.3) is 0 Å². The topological polar surface area (TPSA) is 61.6 Å². The maximum Gasteiger partial charge on any atom is 0.218 e. The van der Waals surface area contributed by atoms with Crippen LogP contribution in [-0.4, -0.2) is 18.6 Å². The Kier molecular flexibility index (Phi) is 6.51. The number of carbonyl (C=O) groups excluding carboxylic acids is 1. The lowest BCUT2D eigenvalue weighted by molar-refractivity contribution is -0.118. The van der Waals surface area contributed by atoms with Crippen LogP contribution >= 0.6 is 0 Å². The summed E-state index contributed by atoms with van der Waals surface area (Å²) in [6, 6.07) is 14.1. The number of carbonyl (C=O) groups is 1. The molecule has 3 rings (SSSR count). The number of hydrogen-bond donors (Lipinski definition) is 1. The molecule has 1 heterocycles. The molecule has 0 spiro atoms. The second kappa shape index (κ2) is 9.05. The van der Waals surface area contributed by atoms with Crippen molar-refractivity contribution in [1.29, 1.82) is 0 Å². The van der Waals surface area contributed by atoms with Crippen molar-refractivity contribution < 1.29 is 14.3 Å². The van der Waals surface area contributed by atoms with Gasteiger partial charge < -0.3 is 15.2 Å². The first kappa shape index (κ1) is 19.4. The Labute approximate surface area is 161 Å². The van der Waals surface area contributed by atoms with Crippen LogP contribution in [0.15, 0.2) is 42.5 Å². The highest BCUT2D eigenvalue weighted by Crippen LogP contribution is 2.47. The number of nitrogens with two attached hydrogens (primary N) is 1. The molecule has 27 heavy (non-hydrogen) atoms. The van der Waals surface area contributed by atoms with E-state index in [0.29, 0.717) is 0 Å². The third-order valence-corrected chi connectivity index (χ3v) is 5.13. The molecule has 0 saturated heterocycles. The summed E-state index contributed by atoms with van der Waals surface area (Å²) in [5.41, 5.74) is 8.76. The third kappa shape index (κ3) is 4.69. The smallest absolute Gasteiger partial charge is 0.218 e. The van der Waals surface area contributed by atoms with Crippen molar-refractivity contribution >= 4 is 5.91 Å². The van der Waals surface area contributed by atoms with Crippen molar-refractivity contribution in [2.45, 2.75) is 58.0 Å². The highest BCUT2D eigenvalue weighted by molar-refractivity contribution is 5.76. The van der Waals surface area contributed by atoms with Crippen molar-refractivity contribution in [1.82, 2.24) is 0 Å². The van der Waals surface area contributed by atoms with Crippen LogP contribution in [-0.2, 0) is 16.0 Å². The summed E-state index contributed by atoms with van der Waals surface area (Å²) in [7, 11) is 0. The number of rotatable bonds is 9. The van der Waals surface area contributed by atoms with Crippen LogP contribution in [0.2, 0.25) is 0 Å². The zero-order valence-corrected chi connectivity index (χ0v) is 16.2. The Morgan fingerprint density at radius 3 is 2.74 bits per heavy atom. The molecule has 0 fully saturated rings. The highest BCUT2D eigenvalue weighted by atomic mass is 16.5. The first-order chi connectivity index (χ1) is 13.1. The lowest BCUT2D eigenvalue weighted by atomic mass is 9.84. The van der Waals surface area contributed by atoms with E-state index < -0.39 is 0 Å². The summed E-state index contributed by atoms with van der Waals surface area (Å²) < 4.78 is 12.1. The van der Waals surface area contributed by atoms with Crippen molar-refractivity contribution in [3.8, 4) is 11.5 Å². The van der Waals surface area contributed by atoms with E-state index in [9.17, 15) is 4.79 Å². The normalized spacial score (nSPS) is 16.1. The number of benzene rings is 2. The minimum absolute atomic E-state index is 0.0550. The monoisotopic (exact) mass is 367 g/mol. The van der Waals surface area contributed by atoms with Crippen molar-refractivity contribution in [3.63, 3.8) is 0 Å². The van der Waals surface area contributed by atoms with Gasteiger partial charge in [-0.2, -0.15) is 0 Å². The Balaban J connectivity index is 1.81. The molecule has 1 aliphatic heterocycles. The molecule has 2 unspecified atom stereocenters. The van der Waals surface area contributed by atoms with E-state index in [1.807, 2.05) is 36.4 Å². The molecule has 0 saturated carbocycles. The van der Waals surface area contributed by atoms with E-state index in [-0.39, 0.29) is 24.3 Å². The molecule has 1 amide bonds. The SMILES string of the molecule is CCCCOC(C)CCc1cccc2c1Oc1ccccc1C2CC(N)=O. The van der Waals surface area contributed by atoms with Gasteiger partial charge in [0.2, 0.25) is 5.91 Å². The number of fused-ring (bicyclic) bond motifs is 2. The molecule has 4 nitrogen and oxygen atoms in total. The second-order valence-electron chi connectivity index (χ2n) is 7.27. The summed E-state index contributed by atoms with van der Waals surface area (Å²) in [6.07, 6.45) is 4.55. The predicted molar refractivity (Wildman–Crippen MR) is 107 cm³/mol. The Morgan fingerprint density at radius 2 is 1.96 bits per heavy atom. The first-order valence-corrected chi connectivity index (χ1v) is 9.88. The zero-order chi connectivity index (χ0) is 19.2. The number of hydrogen-bond acceptors (Lipinski definition) is 3. The van der Waals surface area contributed by atoms with Crippen molar-refractivity contribution in [2.75, 3.05) is 6.61 Å². The standard InChI is InChI=1S/C23H29NO3/c1-3-4-14-26-16(2)12-13-17-8-7-10-19-20(15-22(24)25)18-9-5-6-11-21(18)27-23(17)19/h5-11,16,20H,3-4,12-15H2,1-2H3,(H2,24,25). The number of aryl methyl sites for hydroxylation is 1. The first-order valence-electron chi connectivity index (χ1n) is 9.88. The molecule has 4 heteroatoms. The molecule has 0 bridgehead atoms. The van der Waals surface area contributed by atoms with Crippen LogP contribution in [0.5, 0.6) is 11.5 Å². The van der Waals surface area contributed by atoms with E-state index in [2.05, 4.69) is 19.9 Å². The summed E-state index contributed by atoms with van der Waals surface area (Å²) >= 11 is 0. The maximum absolute atomic E-state index is 11.7. The van der Waals surface area contributed by atoms with Crippen molar-refractivity contribution in [3.05, 3.63) is 59.2 Å². The minimum Gasteiger partial charge on any atom is -0.456 e. The van der Waals surface area contributed by atoms with Gasteiger partial charge in [0.15, 0.2) is 0 Å². The fourth-order valence-electron chi connectivity index (χ4n) is 3.63. The van der Waals surface area contributed by atoms with Crippen LogP contribution < -0.4 is 10.5 Å². The van der Waals surface area contributed by atoms with Crippen LogP contribution in [0.3, 0.4) is 0 Å². The Morgan fingerprint density at radius 1 is 1.19 bits per heavy atom. The number of para-hydroxylation sites is 2. The number of ether oxygens (including phenoxy) is 2. The zero-order valence-electron chi connectivity index (χ0n) is 16.2. The van der Waals surface area contributed by atoms with Crippen LogP contribution in [0.25, 0.3) is 0 Å². The third-order valence-electron chi connectivity index (χ3n) is 5.13. The summed E-state index contributed by atoms with van der Waals surface area (Å²) in [5.74, 6) is 1.34. The summed E-state index contributed by atoms with van der Waals surface area (Å²) in [6.45, 7) is 5.11. The molecule has 1 aliphatic rings. The maximum atomic E-state index is 11.7. The van der Waals surface area contributed by atoms with Gasteiger partial charge in [-0.3, -0.25) is 4.79 Å². The van der Waals surface area contributed by atoms with E-state index in [1.165, 1.54) is 0 Å². The molecular weight excluding hydrogens is 338 g/mol. The molecule has 0 aromatic heterocycles. The fourth-order valence-corrected chi connectivity index (χ4v) is 3.63. The number of unbranched alkanes of at least 4 members (excludes halogenated alkanes) is 1. The number of amides is 1. The lowest BCUT2D eigenvalue weighted by Gasteiger charge is -2.29. The highest BCUT2D eigenvalue weighted by Gasteiger charge is 2.29. The van der Waals surface area contributed by atoms with Gasteiger partial charge in [0, 0.05) is 30.1 Å². The molecule has 2 aromatic carbocycles. The molecule has 2 N–H and O–H groups in total. The minimum atomic E-state index is -0.300. The molecule has 0 radical (unpaired) electrons. The Hall–Kier alpha value is -2.33. The largest absolute Gasteiger partial charge is 0.456 e. The summed E-state index contributed by atoms with van der Waals surface area (Å²) in [5, 5.41) is 0. The molecular formula is C23H29NO3. The average Bonchev–Trinajstić information content (AvgIpc) is 2.66.